The highest BCUT2D eigenvalue weighted by Crippen LogP contribution is 2.31. The van der Waals surface area contributed by atoms with Gasteiger partial charge < -0.3 is 4.74 Å². The second-order valence-corrected chi connectivity index (χ2v) is 7.69. The molecule has 0 radical (unpaired) electrons. The number of carbonyl (C=O) groups is 1. The molecule has 0 aliphatic rings. The second kappa shape index (κ2) is 8.04. The van der Waals surface area contributed by atoms with Gasteiger partial charge in [-0.25, -0.2) is 9.50 Å². The molecule has 0 aliphatic heterocycles. The third-order valence-electron chi connectivity index (χ3n) is 4.41. The number of pyridine rings is 2. The van der Waals surface area contributed by atoms with Crippen molar-refractivity contribution in [2.75, 3.05) is 7.11 Å². The van der Waals surface area contributed by atoms with Crippen molar-refractivity contribution < 1.29 is 9.53 Å². The van der Waals surface area contributed by atoms with Gasteiger partial charge in [-0.1, -0.05) is 11.6 Å². The van der Waals surface area contributed by atoms with E-state index in [1.165, 1.54) is 0 Å². The topological polar surface area (TPSA) is 69.4 Å². The Morgan fingerprint density at radius 2 is 2.11 bits per heavy atom. The van der Waals surface area contributed by atoms with Crippen LogP contribution < -0.4 is 0 Å². The molecule has 0 saturated carbocycles. The van der Waals surface area contributed by atoms with Crippen LogP contribution in [0.2, 0.25) is 5.02 Å². The number of aryl methyl sites for hydroxylation is 2. The Morgan fingerprint density at radius 1 is 1.37 bits per heavy atom. The third kappa shape index (κ3) is 4.20. The second-order valence-electron chi connectivity index (χ2n) is 6.49. The van der Waals surface area contributed by atoms with Gasteiger partial charge >= 0.3 is 0 Å². The summed E-state index contributed by atoms with van der Waals surface area (Å²) in [5, 5.41) is 4.75. The van der Waals surface area contributed by atoms with Crippen molar-refractivity contribution in [2.45, 2.75) is 39.7 Å². The first-order chi connectivity index (χ1) is 12.8. The molecule has 0 bridgehead atoms. The number of hydrogen-bond donors (Lipinski definition) is 0. The SMILES string of the molecule is CO[C@@H](C)c1c(CC(=O)Cc2cc(Cl)c3nc(C)nn3c2)cnc(C)c1Br. The van der Waals surface area contributed by atoms with Crippen molar-refractivity contribution in [2.24, 2.45) is 0 Å². The average molecular weight is 452 g/mol. The Balaban J connectivity index is 1.85. The van der Waals surface area contributed by atoms with Crippen LogP contribution in [0.1, 0.15) is 41.2 Å². The summed E-state index contributed by atoms with van der Waals surface area (Å²) < 4.78 is 7.97. The number of methoxy groups -OCH3 is 1. The van der Waals surface area contributed by atoms with E-state index in [0.717, 1.165) is 26.9 Å². The van der Waals surface area contributed by atoms with Crippen molar-refractivity contribution >= 4 is 39.0 Å². The Bertz CT molecular complexity index is 1020. The van der Waals surface area contributed by atoms with Crippen molar-refractivity contribution in [1.29, 1.82) is 0 Å². The number of halogens is 2. The smallest absolute Gasteiger partial charge is 0.174 e. The fourth-order valence-electron chi connectivity index (χ4n) is 3.04. The third-order valence-corrected chi connectivity index (χ3v) is 5.69. The molecule has 3 aromatic rings. The van der Waals surface area contributed by atoms with E-state index in [0.29, 0.717) is 16.5 Å². The van der Waals surface area contributed by atoms with E-state index >= 15 is 0 Å². The van der Waals surface area contributed by atoms with Crippen molar-refractivity contribution in [3.63, 3.8) is 0 Å². The summed E-state index contributed by atoms with van der Waals surface area (Å²) >= 11 is 9.85. The van der Waals surface area contributed by atoms with Gasteiger partial charge in [-0.3, -0.25) is 9.78 Å². The zero-order valence-corrected chi connectivity index (χ0v) is 17.9. The molecular weight excluding hydrogens is 432 g/mol. The van der Waals surface area contributed by atoms with Crippen LogP contribution in [-0.4, -0.2) is 32.5 Å². The number of aromatic nitrogens is 4. The minimum absolute atomic E-state index is 0.0596. The lowest BCUT2D eigenvalue weighted by Gasteiger charge is -2.18. The summed E-state index contributed by atoms with van der Waals surface area (Å²) in [4.78, 5) is 21.4. The summed E-state index contributed by atoms with van der Waals surface area (Å²) in [6, 6.07) is 1.77. The molecule has 3 rings (SSSR count). The summed E-state index contributed by atoms with van der Waals surface area (Å²) in [5.74, 6) is 0.693. The van der Waals surface area contributed by atoms with Gasteiger partial charge in [0.15, 0.2) is 5.65 Å². The van der Waals surface area contributed by atoms with E-state index in [9.17, 15) is 4.79 Å². The maximum Gasteiger partial charge on any atom is 0.174 e. The van der Waals surface area contributed by atoms with Gasteiger partial charge in [0.1, 0.15) is 11.6 Å². The van der Waals surface area contributed by atoms with Crippen LogP contribution in [0.3, 0.4) is 0 Å². The first-order valence-electron chi connectivity index (χ1n) is 8.50. The number of carbonyl (C=O) groups excluding carboxylic acids is 1. The van der Waals surface area contributed by atoms with Crippen LogP contribution in [0, 0.1) is 13.8 Å². The van der Waals surface area contributed by atoms with E-state index in [2.05, 4.69) is 31.0 Å². The lowest BCUT2D eigenvalue weighted by Crippen LogP contribution is -2.12. The monoisotopic (exact) mass is 450 g/mol. The van der Waals surface area contributed by atoms with E-state index < -0.39 is 0 Å². The molecule has 142 valence electrons. The summed E-state index contributed by atoms with van der Waals surface area (Å²) in [5.41, 5.74) is 4.06. The number of rotatable bonds is 6. The van der Waals surface area contributed by atoms with Crippen molar-refractivity contribution in [3.8, 4) is 0 Å². The number of ether oxygens (including phenoxy) is 1. The lowest BCUT2D eigenvalue weighted by atomic mass is 9.98. The predicted octanol–water partition coefficient (Wildman–Crippen LogP) is 4.22. The molecule has 0 aromatic carbocycles. The Morgan fingerprint density at radius 3 is 2.81 bits per heavy atom. The van der Waals surface area contributed by atoms with Gasteiger partial charge in [0.25, 0.3) is 0 Å². The Labute approximate surface area is 171 Å². The van der Waals surface area contributed by atoms with Crippen LogP contribution in [0.5, 0.6) is 0 Å². The van der Waals surface area contributed by atoms with Crippen LogP contribution >= 0.6 is 27.5 Å². The summed E-state index contributed by atoms with van der Waals surface area (Å²) in [7, 11) is 1.65. The van der Waals surface area contributed by atoms with Crippen molar-refractivity contribution in [1.82, 2.24) is 19.6 Å². The number of nitrogens with zero attached hydrogens (tertiary/aromatic N) is 4. The number of Topliss-reactive ketones (excluding diaryl/α,β-unsaturated/α-hetero) is 1. The first-order valence-corrected chi connectivity index (χ1v) is 9.67. The van der Waals surface area contributed by atoms with Gasteiger partial charge in [-0.05, 0) is 53.9 Å². The highest BCUT2D eigenvalue weighted by Gasteiger charge is 2.19. The summed E-state index contributed by atoms with van der Waals surface area (Å²) in [6.45, 7) is 5.67. The number of ketones is 1. The van der Waals surface area contributed by atoms with Gasteiger partial charge in [0.05, 0.1) is 16.8 Å². The average Bonchev–Trinajstić information content (AvgIpc) is 2.98. The molecule has 0 N–H and O–H groups in total. The van der Waals surface area contributed by atoms with E-state index in [4.69, 9.17) is 16.3 Å². The minimum atomic E-state index is -0.146. The molecule has 6 nitrogen and oxygen atoms in total. The molecule has 0 spiro atoms. The molecule has 27 heavy (non-hydrogen) atoms. The molecule has 0 saturated heterocycles. The Kier molecular flexibility index (Phi) is 5.93. The van der Waals surface area contributed by atoms with Crippen LogP contribution in [0.25, 0.3) is 5.65 Å². The highest BCUT2D eigenvalue weighted by molar-refractivity contribution is 9.10. The van der Waals surface area contributed by atoms with E-state index in [1.54, 1.807) is 37.0 Å². The lowest BCUT2D eigenvalue weighted by molar-refractivity contribution is -0.117. The Hall–Kier alpha value is -1.83. The zero-order chi connectivity index (χ0) is 19.7. The van der Waals surface area contributed by atoms with E-state index in [-0.39, 0.29) is 24.7 Å². The summed E-state index contributed by atoms with van der Waals surface area (Å²) in [6.07, 6.45) is 3.91. The fraction of sp³-hybridized carbons (Fsp3) is 0.368. The molecular formula is C19H20BrClN4O2. The molecule has 0 amide bonds. The molecule has 0 fully saturated rings. The van der Waals surface area contributed by atoms with Crippen LogP contribution in [0.4, 0.5) is 0 Å². The van der Waals surface area contributed by atoms with E-state index in [1.807, 2.05) is 13.8 Å². The molecule has 1 atom stereocenters. The highest BCUT2D eigenvalue weighted by atomic mass is 79.9. The minimum Gasteiger partial charge on any atom is -0.377 e. The van der Waals surface area contributed by atoms with Gasteiger partial charge in [0, 0.05) is 42.4 Å². The molecule has 0 aliphatic carbocycles. The van der Waals surface area contributed by atoms with Gasteiger partial charge in [0.2, 0.25) is 0 Å². The molecule has 3 aromatic heterocycles. The zero-order valence-electron chi connectivity index (χ0n) is 15.6. The number of hydrogen-bond acceptors (Lipinski definition) is 5. The maximum atomic E-state index is 12.7. The predicted molar refractivity (Wildman–Crippen MR) is 107 cm³/mol. The van der Waals surface area contributed by atoms with Crippen LogP contribution in [-0.2, 0) is 22.4 Å². The van der Waals surface area contributed by atoms with Gasteiger partial charge in [-0.15, -0.1) is 0 Å². The first kappa shape index (κ1) is 19.9. The standard InChI is InChI=1S/C19H20BrClN4O2/c1-10-18(20)17(11(2)27-4)14(8-22-10)7-15(26)5-13-6-16(21)19-23-12(3)24-25(19)9-13/h6,8-9,11H,5,7H2,1-4H3/t11-/m0/s1. The van der Waals surface area contributed by atoms with Crippen LogP contribution in [0.15, 0.2) is 22.9 Å². The van der Waals surface area contributed by atoms with Gasteiger partial charge in [-0.2, -0.15) is 5.10 Å². The molecule has 8 heteroatoms. The molecule has 0 unspecified atom stereocenters. The number of fused-ring (bicyclic) bond motifs is 1. The largest absolute Gasteiger partial charge is 0.377 e. The quantitative estimate of drug-likeness (QED) is 0.561. The normalized spacial score (nSPS) is 12.5. The maximum absolute atomic E-state index is 12.7. The molecule has 3 heterocycles. The van der Waals surface area contributed by atoms with Crippen molar-refractivity contribution in [3.05, 3.63) is 56.2 Å². The fourth-order valence-corrected chi connectivity index (χ4v) is 3.99.